The minimum absolute atomic E-state index is 0.0610. The number of nitrogens with one attached hydrogen (secondary N) is 2. The molecule has 0 saturated carbocycles. The predicted molar refractivity (Wildman–Crippen MR) is 148 cm³/mol. The summed E-state index contributed by atoms with van der Waals surface area (Å²) < 4.78 is 0. The highest BCUT2D eigenvalue weighted by Gasteiger charge is 2.43. The topological polar surface area (TPSA) is 103 Å². The van der Waals surface area contributed by atoms with Gasteiger partial charge in [0.05, 0.1) is 0 Å². The maximum absolute atomic E-state index is 14.0. The molecule has 0 bridgehead atoms. The molecular weight excluding hydrogens is 502 g/mol. The van der Waals surface area contributed by atoms with Crippen molar-refractivity contribution < 1.29 is 19.5 Å². The maximum atomic E-state index is 14.0. The third-order valence-electron chi connectivity index (χ3n) is 6.98. The van der Waals surface area contributed by atoms with E-state index in [9.17, 15) is 19.5 Å². The number of amides is 2. The lowest BCUT2D eigenvalue weighted by molar-refractivity contribution is -0.143. The molecule has 0 unspecified atom stereocenters. The summed E-state index contributed by atoms with van der Waals surface area (Å²) in [5.74, 6) is -2.19. The minimum Gasteiger partial charge on any atom is -0.480 e. The van der Waals surface area contributed by atoms with Crippen LogP contribution in [0.25, 0.3) is 10.9 Å². The molecule has 0 saturated heterocycles. The molecular formula is C30H30ClN3O4. The Morgan fingerprint density at radius 3 is 2.37 bits per heavy atom. The van der Waals surface area contributed by atoms with Crippen molar-refractivity contribution in [2.75, 3.05) is 7.05 Å². The number of carboxylic acid groups (broad SMARTS) is 1. The van der Waals surface area contributed by atoms with Crippen LogP contribution in [0.3, 0.4) is 0 Å². The van der Waals surface area contributed by atoms with Crippen LogP contribution < -0.4 is 5.32 Å². The zero-order valence-corrected chi connectivity index (χ0v) is 22.5. The lowest BCUT2D eigenvalue weighted by Crippen LogP contribution is -2.58. The first-order valence-electron chi connectivity index (χ1n) is 12.2. The van der Waals surface area contributed by atoms with E-state index in [1.165, 1.54) is 11.9 Å². The number of hydrogen-bond acceptors (Lipinski definition) is 3. The second-order valence-electron chi connectivity index (χ2n) is 9.75. The molecule has 2 atom stereocenters. The molecule has 3 N–H and O–H groups in total. The molecule has 0 spiro atoms. The van der Waals surface area contributed by atoms with Crippen LogP contribution in [0.15, 0.2) is 72.9 Å². The molecule has 2 amide bonds. The number of carboxylic acids is 1. The molecule has 0 aliphatic rings. The van der Waals surface area contributed by atoms with Crippen molar-refractivity contribution >= 4 is 40.3 Å². The van der Waals surface area contributed by atoms with Gasteiger partial charge in [-0.2, -0.15) is 0 Å². The van der Waals surface area contributed by atoms with Gasteiger partial charge in [-0.25, -0.2) is 4.79 Å². The van der Waals surface area contributed by atoms with Gasteiger partial charge in [0.2, 0.25) is 0 Å². The van der Waals surface area contributed by atoms with Gasteiger partial charge in [-0.15, -0.1) is 0 Å². The molecule has 0 aliphatic heterocycles. The van der Waals surface area contributed by atoms with E-state index in [0.717, 1.165) is 27.6 Å². The number of nitrogens with zero attached hydrogens (tertiary/aromatic N) is 1. The summed E-state index contributed by atoms with van der Waals surface area (Å²) in [6.45, 7) is 5.39. The summed E-state index contributed by atoms with van der Waals surface area (Å²) in [5, 5.41) is 14.0. The first-order chi connectivity index (χ1) is 18.0. The number of halogens is 1. The Morgan fingerprint density at radius 2 is 1.71 bits per heavy atom. The summed E-state index contributed by atoms with van der Waals surface area (Å²) in [5.41, 5.74) is 2.80. The van der Waals surface area contributed by atoms with Crippen LogP contribution in [0.2, 0.25) is 5.02 Å². The van der Waals surface area contributed by atoms with Crippen LogP contribution in [0.1, 0.15) is 39.5 Å². The molecule has 0 fully saturated rings. The van der Waals surface area contributed by atoms with Gasteiger partial charge in [-0.3, -0.25) is 9.59 Å². The number of aromatic amines is 1. The first kappa shape index (κ1) is 26.9. The number of fused-ring (bicyclic) bond motifs is 1. The molecule has 0 aliphatic carbocycles. The Morgan fingerprint density at radius 1 is 1.03 bits per heavy atom. The largest absolute Gasteiger partial charge is 0.480 e. The molecule has 7 nitrogen and oxygen atoms in total. The fraction of sp³-hybridized carbons (Fsp3) is 0.233. The van der Waals surface area contributed by atoms with Crippen molar-refractivity contribution in [3.05, 3.63) is 106 Å². The highest BCUT2D eigenvalue weighted by molar-refractivity contribution is 6.30. The van der Waals surface area contributed by atoms with E-state index in [0.29, 0.717) is 16.1 Å². The SMILES string of the molecule is Cc1cc(C)cc(C(=O)N(C)[C@@](C)(C(=O)N[C@@H](Cc2c[nH]c3ccccc23)C(=O)O)c2cccc(Cl)c2)c1. The fourth-order valence-corrected chi connectivity index (χ4v) is 4.97. The third-order valence-corrected chi connectivity index (χ3v) is 7.21. The van der Waals surface area contributed by atoms with Crippen LogP contribution >= 0.6 is 11.6 Å². The number of aliphatic carboxylic acids is 1. The van der Waals surface area contributed by atoms with E-state index >= 15 is 0 Å². The molecule has 1 heterocycles. The monoisotopic (exact) mass is 531 g/mol. The van der Waals surface area contributed by atoms with Crippen molar-refractivity contribution in [2.24, 2.45) is 0 Å². The van der Waals surface area contributed by atoms with Crippen molar-refractivity contribution in [3.63, 3.8) is 0 Å². The van der Waals surface area contributed by atoms with Crippen LogP contribution in [-0.4, -0.2) is 45.9 Å². The van der Waals surface area contributed by atoms with Gasteiger partial charge in [-0.1, -0.05) is 59.1 Å². The van der Waals surface area contributed by atoms with Gasteiger partial charge in [-0.05, 0) is 62.2 Å². The number of aryl methyl sites for hydroxylation is 2. The number of carbonyl (C=O) groups excluding carboxylic acids is 2. The second kappa shape index (κ2) is 10.7. The summed E-state index contributed by atoms with van der Waals surface area (Å²) >= 11 is 6.27. The van der Waals surface area contributed by atoms with Gasteiger partial charge >= 0.3 is 5.97 Å². The maximum Gasteiger partial charge on any atom is 0.326 e. The number of aromatic nitrogens is 1. The molecule has 4 aromatic rings. The molecule has 1 aromatic heterocycles. The predicted octanol–water partition coefficient (Wildman–Crippen LogP) is 5.24. The minimum atomic E-state index is -1.56. The molecule has 196 valence electrons. The molecule has 4 rings (SSSR count). The number of benzene rings is 3. The Bertz CT molecular complexity index is 1510. The van der Waals surface area contributed by atoms with Crippen LogP contribution in [0.5, 0.6) is 0 Å². The smallest absolute Gasteiger partial charge is 0.326 e. The van der Waals surface area contributed by atoms with Gasteiger partial charge in [0, 0.05) is 41.2 Å². The summed E-state index contributed by atoms with van der Waals surface area (Å²) in [7, 11) is 1.54. The summed E-state index contributed by atoms with van der Waals surface area (Å²) in [6.07, 6.45) is 1.81. The fourth-order valence-electron chi connectivity index (χ4n) is 4.78. The number of carbonyl (C=O) groups is 3. The number of hydrogen-bond donors (Lipinski definition) is 3. The van der Waals surface area contributed by atoms with Gasteiger partial charge < -0.3 is 20.3 Å². The third kappa shape index (κ3) is 5.29. The first-order valence-corrected chi connectivity index (χ1v) is 12.6. The molecule has 8 heteroatoms. The number of likely N-dealkylation sites (N-methyl/N-ethyl adjacent to an activating group) is 1. The van der Waals surface area contributed by atoms with Crippen LogP contribution in [-0.2, 0) is 21.5 Å². The Labute approximate surface area is 226 Å². The van der Waals surface area contributed by atoms with Crippen molar-refractivity contribution in [1.29, 1.82) is 0 Å². The summed E-state index contributed by atoms with van der Waals surface area (Å²) in [6, 6.07) is 18.5. The number of para-hydroxylation sites is 1. The van der Waals surface area contributed by atoms with E-state index in [2.05, 4.69) is 10.3 Å². The average molecular weight is 532 g/mol. The zero-order chi connectivity index (χ0) is 27.6. The van der Waals surface area contributed by atoms with E-state index in [-0.39, 0.29) is 12.3 Å². The van der Waals surface area contributed by atoms with E-state index in [1.807, 2.05) is 44.2 Å². The van der Waals surface area contributed by atoms with Crippen LogP contribution in [0, 0.1) is 13.8 Å². The molecule has 38 heavy (non-hydrogen) atoms. The highest BCUT2D eigenvalue weighted by atomic mass is 35.5. The van der Waals surface area contributed by atoms with E-state index < -0.39 is 23.5 Å². The molecule has 3 aromatic carbocycles. The zero-order valence-electron chi connectivity index (χ0n) is 21.7. The Balaban J connectivity index is 1.71. The highest BCUT2D eigenvalue weighted by Crippen LogP contribution is 2.32. The quantitative estimate of drug-likeness (QED) is 0.289. The van der Waals surface area contributed by atoms with Gasteiger partial charge in [0.25, 0.3) is 11.8 Å². The number of rotatable bonds is 8. The van der Waals surface area contributed by atoms with Crippen LogP contribution in [0.4, 0.5) is 0 Å². The lowest BCUT2D eigenvalue weighted by atomic mass is 9.87. The van der Waals surface area contributed by atoms with E-state index in [1.54, 1.807) is 49.5 Å². The average Bonchev–Trinajstić information content (AvgIpc) is 3.29. The number of H-pyrrole nitrogens is 1. The standard InChI is InChI=1S/C30H30ClN3O4/c1-18-12-19(2)14-20(13-18)27(35)34(4)30(3,22-8-7-9-23(31)16-22)29(38)33-26(28(36)37)15-21-17-32-25-11-6-5-10-24(21)25/h5-14,16-17,26,32H,15H2,1-4H3,(H,33,38)(H,36,37)/t26-,30+/m0/s1. The second-order valence-corrected chi connectivity index (χ2v) is 10.2. The van der Waals surface area contributed by atoms with Gasteiger partial charge in [0.1, 0.15) is 11.6 Å². The Hall–Kier alpha value is -4.10. The lowest BCUT2D eigenvalue weighted by Gasteiger charge is -2.39. The molecule has 0 radical (unpaired) electrons. The Kier molecular flexibility index (Phi) is 7.60. The van der Waals surface area contributed by atoms with Crippen molar-refractivity contribution in [3.8, 4) is 0 Å². The van der Waals surface area contributed by atoms with Crippen molar-refractivity contribution in [1.82, 2.24) is 15.2 Å². The summed E-state index contributed by atoms with van der Waals surface area (Å²) in [4.78, 5) is 44.4. The van der Waals surface area contributed by atoms with E-state index in [4.69, 9.17) is 11.6 Å². The van der Waals surface area contributed by atoms with Crippen molar-refractivity contribution in [2.45, 2.75) is 38.8 Å². The van der Waals surface area contributed by atoms with Gasteiger partial charge in [0.15, 0.2) is 0 Å². The normalized spacial score (nSPS) is 13.5.